The van der Waals surface area contributed by atoms with Gasteiger partial charge in [-0.3, -0.25) is 0 Å². The third-order valence-corrected chi connectivity index (χ3v) is 30.8. The molecule has 0 unspecified atom stereocenters. The summed E-state index contributed by atoms with van der Waals surface area (Å²) in [5, 5.41) is 20.5. The zero-order chi connectivity index (χ0) is 87.0. The van der Waals surface area contributed by atoms with E-state index in [9.17, 15) is 0 Å². The summed E-state index contributed by atoms with van der Waals surface area (Å²) >= 11 is 0. The van der Waals surface area contributed by atoms with E-state index in [1.807, 2.05) is 0 Å². The highest BCUT2D eigenvalue weighted by Gasteiger charge is 2.33. The minimum atomic E-state index is 0.323. The first-order valence-electron chi connectivity index (χ1n) is 47.6. The molecule has 630 valence electrons. The van der Waals surface area contributed by atoms with Crippen molar-refractivity contribution < 1.29 is 0 Å². The highest BCUT2D eigenvalue weighted by molar-refractivity contribution is 6.32. The molecule has 8 aromatic heterocycles. The molecule has 0 bridgehead atoms. The number of benzene rings is 18. The van der Waals surface area contributed by atoms with Crippen LogP contribution >= 0.6 is 0 Å². The van der Waals surface area contributed by atoms with Crippen LogP contribution in [-0.2, 0) is 0 Å². The van der Waals surface area contributed by atoms with E-state index in [4.69, 9.17) is 0 Å². The van der Waals surface area contributed by atoms with Gasteiger partial charge in [-0.25, -0.2) is 0 Å². The van der Waals surface area contributed by atoms with Crippen molar-refractivity contribution in [2.24, 2.45) is 0 Å². The van der Waals surface area contributed by atoms with E-state index < -0.39 is 0 Å². The number of aryl methyl sites for hydroxylation is 4. The summed E-state index contributed by atoms with van der Waals surface area (Å²) in [7, 11) is 0. The standard InChI is InChI=1S/C124H94N8/c1-75-32-48-86(49-33-75)127(87-50-34-76(2)35-51-87)94-62-65-98-101-26-16-29-104-110-74-118-111(73-117(110)131(123(101)104)114(98)69-94)105-30-17-31-106-120-107(66-95(70-119(120)132(118)124(105)106)128(88-52-36-77(3)37-53-88)89-54-38-78(4)39-55-89)83-42-40-80(41-43-83)82-46-58-91(59-47-82)126(85-22-12-7-13-23-85)93-61-64-97-100-25-15-28-103-109-71-115-108(72-116(109)130(122(100)103)113(97)68-93)102-27-14-24-99-96-63-60-92(67-112(96)129(115)121(99)102)125(84-20-10-6-11-21-84)90-56-44-81(45-57-90)79-18-8-5-9-19-79/h6-7,10-17,20-39,44-74,79-80,83H,5,8-9,18-19,40-43H2,1-4H3. The molecule has 0 N–H and O–H groups in total. The largest absolute Gasteiger partial charge is 0.310 e. The molecule has 2 saturated carbocycles. The Balaban J connectivity index is 0.537. The normalized spacial score (nSPS) is 15.0. The van der Waals surface area contributed by atoms with E-state index in [1.54, 1.807) is 0 Å². The van der Waals surface area contributed by atoms with Gasteiger partial charge in [0.2, 0.25) is 0 Å². The molecular formula is C124H94N8. The number of aromatic nitrogens is 4. The van der Waals surface area contributed by atoms with Gasteiger partial charge >= 0.3 is 0 Å². The zero-order valence-electron chi connectivity index (χ0n) is 74.4. The minimum absolute atomic E-state index is 0.323. The fourth-order valence-electron chi connectivity index (χ4n) is 24.6. The van der Waals surface area contributed by atoms with Gasteiger partial charge in [-0.15, -0.1) is 0 Å². The topological polar surface area (TPSA) is 30.6 Å². The third-order valence-electron chi connectivity index (χ3n) is 30.8. The monoisotopic (exact) mass is 1690 g/mol. The quantitative estimate of drug-likeness (QED) is 0.102. The summed E-state index contributed by atoms with van der Waals surface area (Å²) < 4.78 is 10.4. The number of hydrogen-bond acceptors (Lipinski definition) is 4. The number of para-hydroxylation sites is 6. The molecule has 0 radical (unpaired) electrons. The van der Waals surface area contributed by atoms with Crippen LogP contribution in [-0.4, -0.2) is 17.6 Å². The van der Waals surface area contributed by atoms with Crippen LogP contribution in [0.25, 0.3) is 152 Å². The van der Waals surface area contributed by atoms with Gasteiger partial charge in [0.05, 0.1) is 66.2 Å². The Kier molecular flexibility index (Phi) is 16.5. The molecule has 0 saturated heterocycles. The lowest BCUT2D eigenvalue weighted by Gasteiger charge is -2.32. The molecule has 2 aliphatic rings. The molecule has 26 aromatic rings. The van der Waals surface area contributed by atoms with Crippen LogP contribution in [0.5, 0.6) is 0 Å². The first-order valence-corrected chi connectivity index (χ1v) is 47.6. The smallest absolute Gasteiger partial charge is 0.0620 e. The van der Waals surface area contributed by atoms with Crippen LogP contribution < -0.4 is 19.6 Å². The van der Waals surface area contributed by atoms with Crippen molar-refractivity contribution in [3.05, 3.63) is 409 Å². The lowest BCUT2D eigenvalue weighted by Crippen LogP contribution is -2.15. The van der Waals surface area contributed by atoms with E-state index in [2.05, 4.69) is 435 Å². The first-order chi connectivity index (χ1) is 65.1. The van der Waals surface area contributed by atoms with E-state index in [0.717, 1.165) is 82.6 Å². The van der Waals surface area contributed by atoms with Crippen LogP contribution in [0.1, 0.15) is 114 Å². The summed E-state index contributed by atoms with van der Waals surface area (Å²) in [6.45, 7) is 8.72. The van der Waals surface area contributed by atoms with Crippen LogP contribution in [0.15, 0.2) is 370 Å². The Morgan fingerprint density at radius 3 is 0.788 bits per heavy atom. The van der Waals surface area contributed by atoms with E-state index in [-0.39, 0.29) is 0 Å². The Labute approximate surface area is 764 Å². The number of nitrogens with zero attached hydrogens (tertiary/aromatic N) is 8. The number of fused-ring (bicyclic) bond motifs is 24. The lowest BCUT2D eigenvalue weighted by atomic mass is 9.75. The highest BCUT2D eigenvalue weighted by atomic mass is 15.2. The summed E-state index contributed by atoms with van der Waals surface area (Å²) in [4.78, 5) is 9.85. The van der Waals surface area contributed by atoms with Gasteiger partial charge in [0.15, 0.2) is 0 Å². The summed E-state index contributed by atoms with van der Waals surface area (Å²) in [6.07, 6.45) is 10.9. The van der Waals surface area contributed by atoms with Gasteiger partial charge in [-0.1, -0.05) is 242 Å². The van der Waals surface area contributed by atoms with Crippen molar-refractivity contribution in [1.29, 1.82) is 0 Å². The molecule has 132 heavy (non-hydrogen) atoms. The second kappa shape index (κ2) is 28.9. The fourth-order valence-corrected chi connectivity index (χ4v) is 24.6. The van der Waals surface area contributed by atoms with Gasteiger partial charge in [0.1, 0.15) is 0 Å². The minimum Gasteiger partial charge on any atom is -0.310 e. The second-order valence-corrected chi connectivity index (χ2v) is 38.4. The fraction of sp³-hybridized carbons (Fsp3) is 0.129. The number of anilines is 12. The molecule has 0 aliphatic heterocycles. The van der Waals surface area contributed by atoms with E-state index >= 15 is 0 Å². The SMILES string of the molecule is Cc1ccc(N(c2ccc(C)cc2)c2ccc3c4cccc5c6cc7c(cc6n(c3c2)c45)c2cccc3c4c(C5CCC(c6ccc(N(c8ccccc8)c8ccc9c%10cccc%11c%12cc%13c(cc%12n(c9c8)c%10%11)c8cccc9c%10ccc(N(c%11ccccc%11)c%11ccc(C%12CCCCC%12)cc%11)cc%10n%13c98)cc6)CC5)cc(N(c5ccc(C)cc5)c5ccc(C)cc5)cc4n7c23)cc1. The van der Waals surface area contributed by atoms with Crippen LogP contribution in [0.3, 0.4) is 0 Å². The Morgan fingerprint density at radius 1 is 0.182 bits per heavy atom. The summed E-state index contributed by atoms with van der Waals surface area (Å²) in [5.41, 5.74) is 37.9. The Morgan fingerprint density at radius 2 is 0.439 bits per heavy atom. The lowest BCUT2D eigenvalue weighted by molar-refractivity contribution is 0.398. The molecule has 8 heteroatoms. The van der Waals surface area contributed by atoms with Gasteiger partial charge in [-0.05, 0) is 271 Å². The summed E-state index contributed by atoms with van der Waals surface area (Å²) in [5.74, 6) is 1.38. The van der Waals surface area contributed by atoms with Gasteiger partial charge in [-0.2, -0.15) is 0 Å². The summed E-state index contributed by atoms with van der Waals surface area (Å²) in [6, 6.07) is 142. The maximum absolute atomic E-state index is 2.67. The molecule has 0 atom stereocenters. The van der Waals surface area contributed by atoms with E-state index in [1.165, 1.54) is 235 Å². The van der Waals surface area contributed by atoms with Crippen molar-refractivity contribution in [3.63, 3.8) is 0 Å². The molecule has 2 fully saturated rings. The molecular weight excluding hydrogens is 1600 g/mol. The highest BCUT2D eigenvalue weighted by Crippen LogP contribution is 2.55. The van der Waals surface area contributed by atoms with Crippen molar-refractivity contribution in [2.45, 2.75) is 103 Å². The predicted octanol–water partition coefficient (Wildman–Crippen LogP) is 34.9. The molecule has 8 nitrogen and oxygen atoms in total. The van der Waals surface area contributed by atoms with E-state index in [0.29, 0.717) is 17.8 Å². The molecule has 0 amide bonds. The first kappa shape index (κ1) is 75.3. The molecule has 2 aliphatic carbocycles. The van der Waals surface area contributed by atoms with Gasteiger partial charge in [0, 0.05) is 154 Å². The molecule has 8 heterocycles. The van der Waals surface area contributed by atoms with Crippen LogP contribution in [0.4, 0.5) is 68.2 Å². The molecule has 0 spiro atoms. The number of rotatable bonds is 15. The van der Waals surface area contributed by atoms with Crippen LogP contribution in [0.2, 0.25) is 0 Å². The average molecular weight is 1700 g/mol. The maximum atomic E-state index is 2.67. The van der Waals surface area contributed by atoms with Crippen molar-refractivity contribution in [1.82, 2.24) is 17.6 Å². The van der Waals surface area contributed by atoms with Gasteiger partial charge < -0.3 is 37.2 Å². The second-order valence-electron chi connectivity index (χ2n) is 38.4. The average Bonchev–Trinajstić information content (AvgIpc) is 1.51. The molecule has 18 aromatic carbocycles. The predicted molar refractivity (Wildman–Crippen MR) is 559 cm³/mol. The Hall–Kier alpha value is -15.6. The number of hydrogen-bond donors (Lipinski definition) is 0. The molecule has 28 rings (SSSR count). The van der Waals surface area contributed by atoms with Crippen molar-refractivity contribution in [2.75, 3.05) is 19.6 Å². The maximum Gasteiger partial charge on any atom is 0.0620 e. The van der Waals surface area contributed by atoms with Gasteiger partial charge in [0.25, 0.3) is 0 Å². The third kappa shape index (κ3) is 11.3. The zero-order valence-corrected chi connectivity index (χ0v) is 74.4. The van der Waals surface area contributed by atoms with Crippen molar-refractivity contribution in [3.8, 4) is 0 Å². The van der Waals surface area contributed by atoms with Crippen molar-refractivity contribution >= 4 is 221 Å². The van der Waals surface area contributed by atoms with Crippen LogP contribution in [0, 0.1) is 27.7 Å². The Bertz CT molecular complexity index is 8990.